The van der Waals surface area contributed by atoms with E-state index in [2.05, 4.69) is 20.4 Å². The highest BCUT2D eigenvalue weighted by molar-refractivity contribution is 6.39. The number of rotatable bonds is 5. The van der Waals surface area contributed by atoms with E-state index in [-0.39, 0.29) is 5.82 Å². The van der Waals surface area contributed by atoms with E-state index in [1.165, 1.54) is 12.1 Å². The van der Waals surface area contributed by atoms with Crippen LogP contribution in [-0.4, -0.2) is 56.0 Å². The lowest BCUT2D eigenvalue weighted by Gasteiger charge is -2.36. The highest BCUT2D eigenvalue weighted by Crippen LogP contribution is 2.17. The maximum Gasteiger partial charge on any atom is 0.313 e. The van der Waals surface area contributed by atoms with Crippen LogP contribution in [0, 0.1) is 5.82 Å². The predicted octanol–water partition coefficient (Wildman–Crippen LogP) is 2.36. The number of amides is 2. The lowest BCUT2D eigenvalue weighted by molar-refractivity contribution is -0.136. The average molecular weight is 405 g/mol. The molecule has 0 unspecified atom stereocenters. The topological polar surface area (TPSA) is 64.7 Å². The molecule has 2 aromatic carbocycles. The molecule has 8 heteroatoms. The largest absolute Gasteiger partial charge is 0.369 e. The quantitative estimate of drug-likeness (QED) is 0.751. The number of hydrogen-bond acceptors (Lipinski definition) is 4. The summed E-state index contributed by atoms with van der Waals surface area (Å²) in [5, 5.41) is 5.63. The fourth-order valence-corrected chi connectivity index (χ4v) is 3.23. The number of piperazine rings is 1. The molecular formula is C20H22ClFN4O2. The Hall–Kier alpha value is -2.64. The minimum atomic E-state index is -0.719. The van der Waals surface area contributed by atoms with Gasteiger partial charge in [0.25, 0.3) is 0 Å². The van der Waals surface area contributed by atoms with Crippen molar-refractivity contribution in [2.75, 3.05) is 49.5 Å². The van der Waals surface area contributed by atoms with Crippen LogP contribution < -0.4 is 15.5 Å². The predicted molar refractivity (Wildman–Crippen MR) is 108 cm³/mol. The fraction of sp³-hybridized carbons (Fsp3) is 0.300. The van der Waals surface area contributed by atoms with Gasteiger partial charge >= 0.3 is 11.8 Å². The number of nitrogens with zero attached hydrogens (tertiary/aromatic N) is 2. The number of hydrogen-bond donors (Lipinski definition) is 2. The second kappa shape index (κ2) is 9.52. The van der Waals surface area contributed by atoms with Crippen LogP contribution in [0.2, 0.25) is 5.02 Å². The molecule has 1 aliphatic heterocycles. The molecule has 0 aliphatic carbocycles. The van der Waals surface area contributed by atoms with E-state index in [9.17, 15) is 14.0 Å². The van der Waals surface area contributed by atoms with Gasteiger partial charge in [-0.3, -0.25) is 14.5 Å². The van der Waals surface area contributed by atoms with Crippen molar-refractivity contribution in [3.05, 3.63) is 59.4 Å². The molecular weight excluding hydrogens is 383 g/mol. The molecule has 0 radical (unpaired) electrons. The molecule has 1 saturated heterocycles. The molecule has 0 atom stereocenters. The maximum atomic E-state index is 13.0. The second-order valence-corrected chi connectivity index (χ2v) is 6.96. The van der Waals surface area contributed by atoms with Gasteiger partial charge in [-0.2, -0.15) is 0 Å². The molecule has 1 heterocycles. The van der Waals surface area contributed by atoms with Crippen molar-refractivity contribution in [2.45, 2.75) is 0 Å². The lowest BCUT2D eigenvalue weighted by Crippen LogP contribution is -2.49. The molecule has 1 aliphatic rings. The van der Waals surface area contributed by atoms with Crippen molar-refractivity contribution >= 4 is 34.8 Å². The van der Waals surface area contributed by atoms with Crippen molar-refractivity contribution in [3.8, 4) is 0 Å². The summed E-state index contributed by atoms with van der Waals surface area (Å²) in [6, 6.07) is 13.1. The van der Waals surface area contributed by atoms with Gasteiger partial charge < -0.3 is 15.5 Å². The Morgan fingerprint density at radius 3 is 2.39 bits per heavy atom. The number of benzene rings is 2. The van der Waals surface area contributed by atoms with Crippen molar-refractivity contribution in [1.29, 1.82) is 0 Å². The number of anilines is 2. The third-order valence-corrected chi connectivity index (χ3v) is 4.80. The summed E-state index contributed by atoms with van der Waals surface area (Å²) < 4.78 is 13.0. The second-order valence-electron chi connectivity index (χ2n) is 6.53. The highest BCUT2D eigenvalue weighted by atomic mass is 35.5. The molecule has 1 fully saturated rings. The van der Waals surface area contributed by atoms with E-state index in [1.54, 1.807) is 36.4 Å². The first-order valence-corrected chi connectivity index (χ1v) is 9.47. The minimum absolute atomic E-state index is 0.238. The Morgan fingerprint density at radius 2 is 1.71 bits per heavy atom. The van der Waals surface area contributed by atoms with E-state index >= 15 is 0 Å². The smallest absolute Gasteiger partial charge is 0.313 e. The van der Waals surface area contributed by atoms with Crippen LogP contribution in [0.25, 0.3) is 0 Å². The van der Waals surface area contributed by atoms with E-state index in [1.807, 2.05) is 0 Å². The van der Waals surface area contributed by atoms with Crippen molar-refractivity contribution < 1.29 is 14.0 Å². The number of halogens is 2. The molecule has 3 rings (SSSR count). The molecule has 2 aromatic rings. The van der Waals surface area contributed by atoms with Crippen LogP contribution in [0.3, 0.4) is 0 Å². The lowest BCUT2D eigenvalue weighted by atomic mass is 10.2. The highest BCUT2D eigenvalue weighted by Gasteiger charge is 2.18. The van der Waals surface area contributed by atoms with Gasteiger partial charge in [0.05, 0.1) is 0 Å². The number of carbonyl (C=O) groups is 2. The number of nitrogens with one attached hydrogen (secondary N) is 2. The van der Waals surface area contributed by atoms with Gasteiger partial charge in [-0.1, -0.05) is 17.7 Å². The summed E-state index contributed by atoms with van der Waals surface area (Å²) in [7, 11) is 0. The Kier molecular flexibility index (Phi) is 6.84. The first-order valence-electron chi connectivity index (χ1n) is 9.09. The van der Waals surface area contributed by atoms with Crippen LogP contribution in [-0.2, 0) is 9.59 Å². The van der Waals surface area contributed by atoms with Crippen molar-refractivity contribution in [1.82, 2.24) is 10.2 Å². The number of carbonyl (C=O) groups excluding carboxylic acids is 2. The molecule has 0 saturated carbocycles. The first-order chi connectivity index (χ1) is 13.5. The molecule has 6 nitrogen and oxygen atoms in total. The van der Waals surface area contributed by atoms with Gasteiger partial charge in [0.2, 0.25) is 0 Å². The van der Waals surface area contributed by atoms with Gasteiger partial charge in [-0.05, 0) is 42.5 Å². The van der Waals surface area contributed by atoms with Crippen molar-refractivity contribution in [2.24, 2.45) is 0 Å². The molecule has 0 aromatic heterocycles. The Bertz CT molecular complexity index is 823. The summed E-state index contributed by atoms with van der Waals surface area (Å²) in [6.07, 6.45) is 0. The van der Waals surface area contributed by atoms with E-state index in [0.717, 1.165) is 31.9 Å². The third kappa shape index (κ3) is 5.68. The van der Waals surface area contributed by atoms with Gasteiger partial charge in [-0.25, -0.2) is 4.39 Å². The Labute approximate surface area is 168 Å². The normalized spacial score (nSPS) is 14.6. The van der Waals surface area contributed by atoms with Crippen LogP contribution in [0.15, 0.2) is 48.5 Å². The monoisotopic (exact) mass is 404 g/mol. The van der Waals surface area contributed by atoms with Crippen molar-refractivity contribution in [3.63, 3.8) is 0 Å². The zero-order chi connectivity index (χ0) is 19.9. The van der Waals surface area contributed by atoms with Crippen LogP contribution in [0.5, 0.6) is 0 Å². The first kappa shape index (κ1) is 20.1. The molecule has 2 amide bonds. The summed E-state index contributed by atoms with van der Waals surface area (Å²) >= 11 is 5.86. The zero-order valence-electron chi connectivity index (χ0n) is 15.3. The summed E-state index contributed by atoms with van der Waals surface area (Å²) in [5.74, 6) is -1.63. The molecule has 148 valence electrons. The van der Waals surface area contributed by atoms with Gasteiger partial charge in [0, 0.05) is 55.7 Å². The maximum absolute atomic E-state index is 13.0. The SMILES string of the molecule is O=C(NCCN1CCN(c2ccc(F)cc2)CC1)C(=O)Nc1cccc(Cl)c1. The van der Waals surface area contributed by atoms with Gasteiger partial charge in [0.15, 0.2) is 0 Å². The fourth-order valence-electron chi connectivity index (χ4n) is 3.04. The minimum Gasteiger partial charge on any atom is -0.369 e. The Morgan fingerprint density at radius 1 is 1.00 bits per heavy atom. The molecule has 2 N–H and O–H groups in total. The van der Waals surface area contributed by atoms with E-state index < -0.39 is 11.8 Å². The molecule has 0 bridgehead atoms. The third-order valence-electron chi connectivity index (χ3n) is 4.57. The summed E-state index contributed by atoms with van der Waals surface area (Å²) in [6.45, 7) is 4.37. The average Bonchev–Trinajstić information content (AvgIpc) is 2.69. The zero-order valence-corrected chi connectivity index (χ0v) is 16.1. The van der Waals surface area contributed by atoms with E-state index in [4.69, 9.17) is 11.6 Å². The van der Waals surface area contributed by atoms with Crippen LogP contribution in [0.4, 0.5) is 15.8 Å². The standard InChI is InChI=1S/C20H22ClFN4O2/c21-15-2-1-3-17(14-15)24-20(28)19(27)23-8-9-25-10-12-26(13-11-25)18-6-4-16(22)5-7-18/h1-7,14H,8-13H2,(H,23,27)(H,24,28). The van der Waals surface area contributed by atoms with Gasteiger partial charge in [0.1, 0.15) is 5.82 Å². The van der Waals surface area contributed by atoms with Gasteiger partial charge in [-0.15, -0.1) is 0 Å². The summed E-state index contributed by atoms with van der Waals surface area (Å²) in [4.78, 5) is 28.3. The van der Waals surface area contributed by atoms with Crippen LogP contribution >= 0.6 is 11.6 Å². The molecule has 0 spiro atoms. The van der Waals surface area contributed by atoms with E-state index in [0.29, 0.717) is 23.8 Å². The summed E-state index contributed by atoms with van der Waals surface area (Å²) in [5.41, 5.74) is 1.48. The van der Waals surface area contributed by atoms with Crippen LogP contribution in [0.1, 0.15) is 0 Å². The Balaban J connectivity index is 1.36. The molecule has 28 heavy (non-hydrogen) atoms.